The SMILES string of the molecule is Cc1ccnc(Nc2cc(Nc3ccc(NS(=O)(=O)c4cc([N+](=O)[O-])c(C)c([N+](=O)[O-])c4)cc3)ncn2)c1. The molecule has 0 saturated heterocycles. The molecule has 14 nitrogen and oxygen atoms in total. The van der Waals surface area contributed by atoms with E-state index in [-0.39, 0.29) is 11.3 Å². The first kappa shape index (κ1) is 25.9. The molecule has 38 heavy (non-hydrogen) atoms. The topological polar surface area (TPSA) is 195 Å². The van der Waals surface area contributed by atoms with Gasteiger partial charge in [0.15, 0.2) is 0 Å². The largest absolute Gasteiger partial charge is 0.340 e. The van der Waals surface area contributed by atoms with Crippen molar-refractivity contribution in [3.8, 4) is 0 Å². The van der Waals surface area contributed by atoms with Crippen LogP contribution in [0.25, 0.3) is 0 Å². The van der Waals surface area contributed by atoms with Gasteiger partial charge in [-0.2, -0.15) is 0 Å². The van der Waals surface area contributed by atoms with E-state index in [9.17, 15) is 28.6 Å². The molecule has 0 aliphatic carbocycles. The monoisotopic (exact) mass is 536 g/mol. The minimum atomic E-state index is -4.37. The van der Waals surface area contributed by atoms with E-state index in [4.69, 9.17) is 0 Å². The van der Waals surface area contributed by atoms with Crippen molar-refractivity contribution < 1.29 is 18.3 Å². The van der Waals surface area contributed by atoms with Crippen LogP contribution >= 0.6 is 0 Å². The van der Waals surface area contributed by atoms with Crippen LogP contribution in [0.5, 0.6) is 0 Å². The number of nitrogens with zero attached hydrogens (tertiary/aromatic N) is 5. The second-order valence-electron chi connectivity index (χ2n) is 8.04. The molecule has 0 atom stereocenters. The van der Waals surface area contributed by atoms with Crippen LogP contribution in [0.1, 0.15) is 11.1 Å². The van der Waals surface area contributed by atoms with Crippen LogP contribution < -0.4 is 15.4 Å². The average Bonchev–Trinajstić information content (AvgIpc) is 2.85. The zero-order valence-corrected chi connectivity index (χ0v) is 20.8. The molecular weight excluding hydrogens is 516 g/mol. The molecule has 0 saturated carbocycles. The van der Waals surface area contributed by atoms with Crippen LogP contribution in [0.3, 0.4) is 0 Å². The predicted octanol–water partition coefficient (Wildman–Crippen LogP) is 4.59. The maximum Gasteiger partial charge on any atom is 0.280 e. The van der Waals surface area contributed by atoms with Crippen molar-refractivity contribution in [3.63, 3.8) is 0 Å². The summed E-state index contributed by atoms with van der Waals surface area (Å²) in [6.07, 6.45) is 3.04. The van der Waals surface area contributed by atoms with Crippen LogP contribution in [-0.2, 0) is 10.0 Å². The number of rotatable bonds is 9. The zero-order valence-electron chi connectivity index (χ0n) is 19.9. The minimum absolute atomic E-state index is 0.136. The number of sulfonamides is 1. The fourth-order valence-electron chi connectivity index (χ4n) is 3.41. The fourth-order valence-corrected chi connectivity index (χ4v) is 4.50. The highest BCUT2D eigenvalue weighted by molar-refractivity contribution is 7.92. The molecule has 0 aliphatic heterocycles. The van der Waals surface area contributed by atoms with Crippen molar-refractivity contribution >= 4 is 50.2 Å². The van der Waals surface area contributed by atoms with Gasteiger partial charge >= 0.3 is 0 Å². The number of nitrogens with one attached hydrogen (secondary N) is 3. The summed E-state index contributed by atoms with van der Waals surface area (Å²) in [4.78, 5) is 32.8. The van der Waals surface area contributed by atoms with Crippen molar-refractivity contribution in [1.29, 1.82) is 0 Å². The van der Waals surface area contributed by atoms with E-state index in [1.165, 1.54) is 25.4 Å². The number of pyridine rings is 1. The van der Waals surface area contributed by atoms with E-state index in [1.807, 2.05) is 19.1 Å². The first-order chi connectivity index (χ1) is 18.0. The highest BCUT2D eigenvalue weighted by atomic mass is 32.2. The number of hydrogen-bond acceptors (Lipinski definition) is 11. The summed E-state index contributed by atoms with van der Waals surface area (Å²) in [5.41, 5.74) is 0.161. The average molecular weight is 537 g/mol. The maximum absolute atomic E-state index is 12.8. The van der Waals surface area contributed by atoms with Crippen LogP contribution in [0.15, 0.2) is 72.0 Å². The lowest BCUT2D eigenvalue weighted by molar-refractivity contribution is -0.395. The van der Waals surface area contributed by atoms with Gasteiger partial charge in [-0.15, -0.1) is 0 Å². The molecule has 15 heteroatoms. The third-order valence-corrected chi connectivity index (χ3v) is 6.64. The Morgan fingerprint density at radius 3 is 1.87 bits per heavy atom. The van der Waals surface area contributed by atoms with Gasteiger partial charge in [0.1, 0.15) is 34.2 Å². The maximum atomic E-state index is 12.8. The van der Waals surface area contributed by atoms with Gasteiger partial charge in [0.2, 0.25) is 0 Å². The van der Waals surface area contributed by atoms with E-state index >= 15 is 0 Å². The van der Waals surface area contributed by atoms with Crippen LogP contribution in [-0.4, -0.2) is 33.2 Å². The lowest BCUT2D eigenvalue weighted by atomic mass is 10.1. The van der Waals surface area contributed by atoms with Gasteiger partial charge in [-0.1, -0.05) is 0 Å². The lowest BCUT2D eigenvalue weighted by Crippen LogP contribution is -2.14. The van der Waals surface area contributed by atoms with Gasteiger partial charge in [-0.25, -0.2) is 23.4 Å². The van der Waals surface area contributed by atoms with E-state index < -0.39 is 36.1 Å². The summed E-state index contributed by atoms with van der Waals surface area (Å²) in [5, 5.41) is 28.7. The number of hydrogen-bond donors (Lipinski definition) is 3. The Morgan fingerprint density at radius 2 is 1.29 bits per heavy atom. The molecule has 3 N–H and O–H groups in total. The highest BCUT2D eigenvalue weighted by Crippen LogP contribution is 2.32. The number of nitro groups is 2. The van der Waals surface area contributed by atoms with Crippen molar-refractivity contribution in [1.82, 2.24) is 15.0 Å². The smallest absolute Gasteiger partial charge is 0.280 e. The number of aromatic nitrogens is 3. The number of anilines is 5. The summed E-state index contributed by atoms with van der Waals surface area (Å²) in [6, 6.07) is 13.0. The van der Waals surface area contributed by atoms with Gasteiger partial charge < -0.3 is 10.6 Å². The van der Waals surface area contributed by atoms with Crippen molar-refractivity contribution in [2.45, 2.75) is 18.7 Å². The van der Waals surface area contributed by atoms with Crippen LogP contribution in [0.4, 0.5) is 40.2 Å². The van der Waals surface area contributed by atoms with E-state index in [0.29, 0.717) is 23.1 Å². The van der Waals surface area contributed by atoms with Gasteiger partial charge in [0.25, 0.3) is 21.4 Å². The molecule has 4 aromatic rings. The molecule has 0 spiro atoms. The van der Waals surface area contributed by atoms with Crippen LogP contribution in [0.2, 0.25) is 0 Å². The molecule has 0 amide bonds. The molecule has 0 unspecified atom stereocenters. The lowest BCUT2D eigenvalue weighted by Gasteiger charge is -2.11. The summed E-state index contributed by atoms with van der Waals surface area (Å²) in [5.74, 6) is 1.59. The van der Waals surface area contributed by atoms with E-state index in [0.717, 1.165) is 17.7 Å². The Hall–Kier alpha value is -5.18. The Morgan fingerprint density at radius 1 is 0.737 bits per heavy atom. The summed E-state index contributed by atoms with van der Waals surface area (Å²) in [7, 11) is -4.37. The molecule has 0 aliphatic rings. The first-order valence-corrected chi connectivity index (χ1v) is 12.4. The third kappa shape index (κ3) is 5.96. The van der Waals surface area contributed by atoms with Gasteiger partial charge in [0, 0.05) is 35.8 Å². The van der Waals surface area contributed by atoms with Crippen molar-refractivity contribution in [3.05, 3.63) is 98.5 Å². The summed E-state index contributed by atoms with van der Waals surface area (Å²) < 4.78 is 28.0. The summed E-state index contributed by atoms with van der Waals surface area (Å²) in [6.45, 7) is 3.13. The molecular formula is C23H20N8O6S. The van der Waals surface area contributed by atoms with Gasteiger partial charge in [-0.05, 0) is 55.8 Å². The van der Waals surface area contributed by atoms with Gasteiger partial charge in [-0.3, -0.25) is 25.0 Å². The molecule has 0 radical (unpaired) electrons. The quantitative estimate of drug-likeness (QED) is 0.200. The standard InChI is InChI=1S/C23H20N8O6S/c1-14-7-8-24-21(9-14)28-23-12-22(25-13-26-23)27-16-3-5-17(6-4-16)29-38(36,37)18-10-19(30(32)33)15(2)20(11-18)31(34)35/h3-13,29H,1-2H3,(H2,24,25,26,27,28). The van der Waals surface area contributed by atoms with Gasteiger partial charge in [0.05, 0.1) is 9.85 Å². The number of nitro benzene ring substituents is 2. The number of benzene rings is 2. The summed E-state index contributed by atoms with van der Waals surface area (Å²) >= 11 is 0. The minimum Gasteiger partial charge on any atom is -0.340 e. The Balaban J connectivity index is 1.50. The Labute approximate surface area is 216 Å². The zero-order chi connectivity index (χ0) is 27.4. The number of aryl methyl sites for hydroxylation is 1. The predicted molar refractivity (Wildman–Crippen MR) is 139 cm³/mol. The first-order valence-electron chi connectivity index (χ1n) is 10.9. The normalized spacial score (nSPS) is 11.0. The Bertz CT molecular complexity index is 1610. The molecule has 0 bridgehead atoms. The van der Waals surface area contributed by atoms with Crippen molar-refractivity contribution in [2.24, 2.45) is 0 Å². The Kier molecular flexibility index (Phi) is 7.11. The van der Waals surface area contributed by atoms with Crippen LogP contribution in [0, 0.1) is 34.1 Å². The second kappa shape index (κ2) is 10.4. The molecule has 2 heterocycles. The third-order valence-electron chi connectivity index (χ3n) is 5.28. The van der Waals surface area contributed by atoms with E-state index in [1.54, 1.807) is 24.4 Å². The second-order valence-corrected chi connectivity index (χ2v) is 9.72. The highest BCUT2D eigenvalue weighted by Gasteiger charge is 2.28. The molecule has 2 aromatic heterocycles. The molecule has 4 rings (SSSR count). The molecule has 194 valence electrons. The molecule has 2 aromatic carbocycles. The fraction of sp³-hybridized carbons (Fsp3) is 0.0870. The molecule has 0 fully saturated rings. The van der Waals surface area contributed by atoms with Crippen molar-refractivity contribution in [2.75, 3.05) is 15.4 Å². The van der Waals surface area contributed by atoms with E-state index in [2.05, 4.69) is 30.3 Å².